The molecular formula is C10H15FN2O. The summed E-state index contributed by atoms with van der Waals surface area (Å²) in [4.78, 5) is 3.84. The third-order valence-electron chi connectivity index (χ3n) is 1.79. The van der Waals surface area contributed by atoms with Gasteiger partial charge in [-0.1, -0.05) is 13.8 Å². The summed E-state index contributed by atoms with van der Waals surface area (Å²) in [6, 6.07) is 1.78. The molecule has 78 valence electrons. The summed E-state index contributed by atoms with van der Waals surface area (Å²) in [5.41, 5.74) is 0.737. The number of hydrogen-bond donors (Lipinski definition) is 1. The van der Waals surface area contributed by atoms with Gasteiger partial charge in [-0.25, -0.2) is 9.37 Å². The van der Waals surface area contributed by atoms with Gasteiger partial charge in [0.05, 0.1) is 13.3 Å². The van der Waals surface area contributed by atoms with E-state index in [4.69, 9.17) is 4.74 Å². The van der Waals surface area contributed by atoms with Crippen LogP contribution in [0.1, 0.15) is 19.4 Å². The molecule has 0 radical (unpaired) electrons. The summed E-state index contributed by atoms with van der Waals surface area (Å²) in [6.07, 6.45) is 1.15. The van der Waals surface area contributed by atoms with Gasteiger partial charge in [-0.15, -0.1) is 0 Å². The highest BCUT2D eigenvalue weighted by atomic mass is 19.1. The summed E-state index contributed by atoms with van der Waals surface area (Å²) in [5, 5.41) is 3.18. The van der Waals surface area contributed by atoms with Crippen LogP contribution < -0.4 is 10.1 Å². The van der Waals surface area contributed by atoms with E-state index in [0.717, 1.165) is 11.8 Å². The average molecular weight is 198 g/mol. The molecule has 0 aromatic carbocycles. The first kappa shape index (κ1) is 10.9. The van der Waals surface area contributed by atoms with E-state index in [1.54, 1.807) is 0 Å². The zero-order chi connectivity index (χ0) is 10.6. The van der Waals surface area contributed by atoms with Crippen LogP contribution in [0.25, 0.3) is 0 Å². The first-order chi connectivity index (χ1) is 6.63. The topological polar surface area (TPSA) is 34.1 Å². The Morgan fingerprint density at radius 1 is 1.57 bits per heavy atom. The minimum atomic E-state index is -0.341. The summed E-state index contributed by atoms with van der Waals surface area (Å²) in [7, 11) is 1.53. The van der Waals surface area contributed by atoms with Gasteiger partial charge in [-0.05, 0) is 6.07 Å². The maximum atomic E-state index is 12.9. The van der Waals surface area contributed by atoms with Crippen LogP contribution in [0, 0.1) is 5.82 Å². The van der Waals surface area contributed by atoms with Gasteiger partial charge in [-0.3, -0.25) is 0 Å². The molecule has 0 fully saturated rings. The van der Waals surface area contributed by atoms with E-state index in [9.17, 15) is 4.39 Å². The van der Waals surface area contributed by atoms with E-state index in [2.05, 4.69) is 10.3 Å². The highest BCUT2D eigenvalue weighted by molar-refractivity contribution is 5.25. The van der Waals surface area contributed by atoms with Crippen molar-refractivity contribution in [3.63, 3.8) is 0 Å². The van der Waals surface area contributed by atoms with Crippen molar-refractivity contribution in [3.05, 3.63) is 23.6 Å². The molecule has 0 atom stereocenters. The van der Waals surface area contributed by atoms with Crippen molar-refractivity contribution in [2.24, 2.45) is 0 Å². The second kappa shape index (κ2) is 4.91. The molecule has 0 saturated heterocycles. The standard InChI is InChI=1S/C10H15FN2O/c1-7(2)12-5-8-4-9(11)6-13-10(8)14-3/h4,6-7,12H,5H2,1-3H3. The Morgan fingerprint density at radius 2 is 2.29 bits per heavy atom. The summed E-state index contributed by atoms with van der Waals surface area (Å²) in [5.74, 6) is 0.130. The Labute approximate surface area is 83.3 Å². The lowest BCUT2D eigenvalue weighted by atomic mass is 10.2. The van der Waals surface area contributed by atoms with Crippen LogP contribution in [0.4, 0.5) is 4.39 Å². The van der Waals surface area contributed by atoms with Gasteiger partial charge >= 0.3 is 0 Å². The Morgan fingerprint density at radius 3 is 2.86 bits per heavy atom. The van der Waals surface area contributed by atoms with Crippen LogP contribution >= 0.6 is 0 Å². The van der Waals surface area contributed by atoms with Crippen molar-refractivity contribution < 1.29 is 9.13 Å². The molecule has 0 unspecified atom stereocenters. The maximum absolute atomic E-state index is 12.9. The summed E-state index contributed by atoms with van der Waals surface area (Å²) in [6.45, 7) is 4.62. The monoisotopic (exact) mass is 198 g/mol. The minimum Gasteiger partial charge on any atom is -0.481 e. The van der Waals surface area contributed by atoms with Crippen molar-refractivity contribution in [2.45, 2.75) is 26.4 Å². The Hall–Kier alpha value is -1.16. The Balaban J connectivity index is 2.77. The van der Waals surface area contributed by atoms with Crippen LogP contribution in [0.5, 0.6) is 5.88 Å². The van der Waals surface area contributed by atoms with Crippen molar-refractivity contribution in [3.8, 4) is 5.88 Å². The summed E-state index contributed by atoms with van der Waals surface area (Å²) < 4.78 is 17.9. The van der Waals surface area contributed by atoms with Crippen LogP contribution in [-0.4, -0.2) is 18.1 Å². The first-order valence-electron chi connectivity index (χ1n) is 4.55. The van der Waals surface area contributed by atoms with Gasteiger partial charge in [0.15, 0.2) is 0 Å². The number of pyridine rings is 1. The average Bonchev–Trinajstić information content (AvgIpc) is 2.15. The lowest BCUT2D eigenvalue weighted by Gasteiger charge is -2.10. The number of ether oxygens (including phenoxy) is 1. The fourth-order valence-electron chi connectivity index (χ4n) is 1.09. The molecule has 3 nitrogen and oxygen atoms in total. The molecule has 0 aliphatic rings. The molecule has 4 heteroatoms. The molecule has 14 heavy (non-hydrogen) atoms. The second-order valence-corrected chi connectivity index (χ2v) is 3.36. The van der Waals surface area contributed by atoms with Crippen LogP contribution in [-0.2, 0) is 6.54 Å². The van der Waals surface area contributed by atoms with E-state index in [1.165, 1.54) is 13.2 Å². The second-order valence-electron chi connectivity index (χ2n) is 3.36. The largest absolute Gasteiger partial charge is 0.481 e. The Kier molecular flexibility index (Phi) is 3.83. The van der Waals surface area contributed by atoms with E-state index in [1.807, 2.05) is 13.8 Å². The fourth-order valence-corrected chi connectivity index (χ4v) is 1.09. The number of halogens is 1. The number of nitrogens with zero attached hydrogens (tertiary/aromatic N) is 1. The van der Waals surface area contributed by atoms with Crippen molar-refractivity contribution in [1.29, 1.82) is 0 Å². The molecular weight excluding hydrogens is 183 g/mol. The normalized spacial score (nSPS) is 10.6. The number of methoxy groups -OCH3 is 1. The lowest BCUT2D eigenvalue weighted by molar-refractivity contribution is 0.387. The lowest BCUT2D eigenvalue weighted by Crippen LogP contribution is -2.22. The SMILES string of the molecule is COc1ncc(F)cc1CNC(C)C. The third kappa shape index (κ3) is 2.96. The molecule has 1 heterocycles. The smallest absolute Gasteiger partial charge is 0.217 e. The fraction of sp³-hybridized carbons (Fsp3) is 0.500. The number of aromatic nitrogens is 1. The van der Waals surface area contributed by atoms with Gasteiger partial charge in [0.1, 0.15) is 5.82 Å². The van der Waals surface area contributed by atoms with Gasteiger partial charge in [0, 0.05) is 18.2 Å². The predicted molar refractivity (Wildman–Crippen MR) is 52.7 cm³/mol. The number of hydrogen-bond acceptors (Lipinski definition) is 3. The van der Waals surface area contributed by atoms with E-state index >= 15 is 0 Å². The van der Waals surface area contributed by atoms with Crippen molar-refractivity contribution >= 4 is 0 Å². The molecule has 0 aliphatic carbocycles. The molecule has 1 rings (SSSR count). The molecule has 0 aliphatic heterocycles. The van der Waals surface area contributed by atoms with E-state index < -0.39 is 0 Å². The molecule has 0 amide bonds. The zero-order valence-electron chi connectivity index (χ0n) is 8.67. The highest BCUT2D eigenvalue weighted by Crippen LogP contribution is 2.15. The van der Waals surface area contributed by atoms with Crippen LogP contribution in [0.3, 0.4) is 0 Å². The number of rotatable bonds is 4. The molecule has 1 aromatic heterocycles. The number of nitrogens with one attached hydrogen (secondary N) is 1. The molecule has 1 aromatic rings. The van der Waals surface area contributed by atoms with Gasteiger partial charge in [-0.2, -0.15) is 0 Å². The van der Waals surface area contributed by atoms with Gasteiger partial charge < -0.3 is 10.1 Å². The van der Waals surface area contributed by atoms with E-state index in [0.29, 0.717) is 18.5 Å². The molecule has 0 spiro atoms. The molecule has 0 saturated carbocycles. The van der Waals surface area contributed by atoms with Crippen LogP contribution in [0.2, 0.25) is 0 Å². The van der Waals surface area contributed by atoms with Gasteiger partial charge in [0.2, 0.25) is 5.88 Å². The molecule has 1 N–H and O–H groups in total. The minimum absolute atomic E-state index is 0.341. The highest BCUT2D eigenvalue weighted by Gasteiger charge is 2.06. The van der Waals surface area contributed by atoms with E-state index in [-0.39, 0.29) is 5.82 Å². The third-order valence-corrected chi connectivity index (χ3v) is 1.79. The van der Waals surface area contributed by atoms with Crippen LogP contribution in [0.15, 0.2) is 12.3 Å². The Bertz CT molecular complexity index is 302. The van der Waals surface area contributed by atoms with Gasteiger partial charge in [0.25, 0.3) is 0 Å². The first-order valence-corrected chi connectivity index (χ1v) is 4.55. The quantitative estimate of drug-likeness (QED) is 0.800. The zero-order valence-corrected chi connectivity index (χ0v) is 8.67. The predicted octanol–water partition coefficient (Wildman–Crippen LogP) is 1.73. The molecule has 0 bridgehead atoms. The summed E-state index contributed by atoms with van der Waals surface area (Å²) >= 11 is 0. The van der Waals surface area contributed by atoms with Crippen molar-refractivity contribution in [1.82, 2.24) is 10.3 Å². The van der Waals surface area contributed by atoms with Crippen molar-refractivity contribution in [2.75, 3.05) is 7.11 Å². The maximum Gasteiger partial charge on any atom is 0.217 e.